The number of para-hydroxylation sites is 1. The molecule has 1 fully saturated rings. The van der Waals surface area contributed by atoms with Crippen LogP contribution in [-0.2, 0) is 11.2 Å². The number of nitrogens with zero attached hydrogens (tertiary/aromatic N) is 4. The van der Waals surface area contributed by atoms with Crippen molar-refractivity contribution in [1.82, 2.24) is 19.4 Å². The molecule has 0 saturated carbocycles. The van der Waals surface area contributed by atoms with Crippen LogP contribution in [0, 0.1) is 11.8 Å². The van der Waals surface area contributed by atoms with Crippen LogP contribution in [0.25, 0.3) is 38.3 Å². The number of likely N-dealkylation sites (N-methyl/N-ethyl adjacent to an activating group) is 1. The highest BCUT2D eigenvalue weighted by Gasteiger charge is 2.57. The number of hydrogen-bond donors (Lipinski definition) is 0. The average molecular weight is 603 g/mol. The molecule has 1 aliphatic heterocycles. The fraction of sp³-hybridized carbons (Fsp3) is 0.268. The minimum atomic E-state index is -0.128. The largest absolute Gasteiger partial charge is 0.349 e. The van der Waals surface area contributed by atoms with E-state index in [9.17, 15) is 0 Å². The fourth-order valence-corrected chi connectivity index (χ4v) is 8.70. The van der Waals surface area contributed by atoms with E-state index in [0.717, 1.165) is 28.2 Å². The molecule has 46 heavy (non-hydrogen) atoms. The maximum absolute atomic E-state index is 7.13. The van der Waals surface area contributed by atoms with Crippen molar-refractivity contribution in [3.8, 4) is 0 Å². The Morgan fingerprint density at radius 2 is 1.65 bits per heavy atom. The van der Waals surface area contributed by atoms with Crippen LogP contribution in [-0.4, -0.2) is 32.0 Å². The third-order valence-corrected chi connectivity index (χ3v) is 11.4. The molecule has 6 unspecified atom stereocenters. The van der Waals surface area contributed by atoms with E-state index in [1.807, 2.05) is 18.5 Å². The second kappa shape index (κ2) is 10.2. The topological polar surface area (TPSA) is 43.2 Å². The Kier molecular flexibility index (Phi) is 6.15. The van der Waals surface area contributed by atoms with Crippen LogP contribution in [0.5, 0.6) is 0 Å². The van der Waals surface area contributed by atoms with Gasteiger partial charge in [-0.2, -0.15) is 0 Å². The smallest absolute Gasteiger partial charge is 0.138 e. The van der Waals surface area contributed by atoms with Gasteiger partial charge in [-0.25, -0.2) is 0 Å². The summed E-state index contributed by atoms with van der Waals surface area (Å²) in [7, 11) is 2.25. The number of benzene rings is 3. The van der Waals surface area contributed by atoms with Gasteiger partial charge in [-0.3, -0.25) is 14.9 Å². The normalized spacial score (nSPS) is 27.7. The van der Waals surface area contributed by atoms with Gasteiger partial charge in [0, 0.05) is 51.2 Å². The lowest BCUT2D eigenvalue weighted by atomic mass is 9.71. The zero-order valence-electron chi connectivity index (χ0n) is 26.8. The monoisotopic (exact) mass is 602 g/mol. The highest BCUT2D eigenvalue weighted by Crippen LogP contribution is 2.58. The molecule has 3 aliphatic rings. The van der Waals surface area contributed by atoms with Crippen molar-refractivity contribution in [2.75, 3.05) is 7.05 Å². The Hall–Kier alpha value is -4.58. The summed E-state index contributed by atoms with van der Waals surface area (Å²) in [6, 6.07) is 30.5. The van der Waals surface area contributed by atoms with Crippen molar-refractivity contribution < 1.29 is 4.74 Å². The molecule has 2 aliphatic carbocycles. The van der Waals surface area contributed by atoms with Crippen molar-refractivity contribution in [3.63, 3.8) is 0 Å². The molecule has 6 aromatic rings. The molecule has 3 aromatic carbocycles. The Bertz CT molecular complexity index is 2210. The molecule has 5 nitrogen and oxygen atoms in total. The van der Waals surface area contributed by atoms with Gasteiger partial charge >= 0.3 is 0 Å². The number of rotatable bonds is 3. The van der Waals surface area contributed by atoms with E-state index in [-0.39, 0.29) is 29.8 Å². The van der Waals surface area contributed by atoms with Crippen LogP contribution >= 0.6 is 0 Å². The minimum absolute atomic E-state index is 0.0291. The van der Waals surface area contributed by atoms with Crippen LogP contribution in [0.1, 0.15) is 61.5 Å². The first-order valence-electron chi connectivity index (χ1n) is 16.5. The van der Waals surface area contributed by atoms with Crippen molar-refractivity contribution in [2.45, 2.75) is 51.1 Å². The van der Waals surface area contributed by atoms with Gasteiger partial charge < -0.3 is 9.30 Å². The summed E-state index contributed by atoms with van der Waals surface area (Å²) < 4.78 is 9.77. The molecule has 6 atom stereocenters. The lowest BCUT2D eigenvalue weighted by molar-refractivity contribution is 0.00464. The van der Waals surface area contributed by atoms with Crippen LogP contribution in [0.2, 0.25) is 0 Å². The summed E-state index contributed by atoms with van der Waals surface area (Å²) in [5, 5.41) is 3.55. The third-order valence-electron chi connectivity index (χ3n) is 11.4. The summed E-state index contributed by atoms with van der Waals surface area (Å²) in [6.45, 7) is 7.20. The van der Waals surface area contributed by atoms with Gasteiger partial charge in [0.25, 0.3) is 0 Å². The Balaban J connectivity index is 1.15. The van der Waals surface area contributed by atoms with Gasteiger partial charge in [-0.1, -0.05) is 98.8 Å². The maximum atomic E-state index is 7.13. The van der Waals surface area contributed by atoms with Crippen LogP contribution in [0.3, 0.4) is 0 Å². The van der Waals surface area contributed by atoms with E-state index in [2.05, 4.69) is 139 Å². The van der Waals surface area contributed by atoms with Gasteiger partial charge in [-0.05, 0) is 61.2 Å². The summed E-state index contributed by atoms with van der Waals surface area (Å²) in [5.74, 6) is 0.647. The molecule has 9 rings (SSSR count). The number of fused-ring (bicyclic) bond motifs is 8. The molecule has 1 saturated heterocycles. The zero-order valence-corrected chi connectivity index (χ0v) is 26.8. The molecule has 0 N–H and O–H groups in total. The Morgan fingerprint density at radius 1 is 0.870 bits per heavy atom. The van der Waals surface area contributed by atoms with Crippen LogP contribution in [0.4, 0.5) is 0 Å². The van der Waals surface area contributed by atoms with Crippen molar-refractivity contribution in [3.05, 3.63) is 138 Å². The Labute approximate surface area is 269 Å². The van der Waals surface area contributed by atoms with Gasteiger partial charge in [-0.15, -0.1) is 0 Å². The number of hydrogen-bond acceptors (Lipinski definition) is 4. The maximum Gasteiger partial charge on any atom is 0.138 e. The first-order valence-corrected chi connectivity index (χ1v) is 16.5. The van der Waals surface area contributed by atoms with E-state index >= 15 is 0 Å². The highest BCUT2D eigenvalue weighted by atomic mass is 16.5. The van der Waals surface area contributed by atoms with Crippen LogP contribution in [0.15, 0.2) is 116 Å². The van der Waals surface area contributed by atoms with E-state index < -0.39 is 0 Å². The van der Waals surface area contributed by atoms with Gasteiger partial charge in [0.15, 0.2) is 0 Å². The van der Waals surface area contributed by atoms with Crippen molar-refractivity contribution in [2.24, 2.45) is 11.8 Å². The Morgan fingerprint density at radius 3 is 2.52 bits per heavy atom. The van der Waals surface area contributed by atoms with Crippen LogP contribution < -0.4 is 0 Å². The van der Waals surface area contributed by atoms with Crippen molar-refractivity contribution in [1.29, 1.82) is 0 Å². The SMILES string of the molecule is CC1C(c2cnc3c(ccc4cccnc43)c2)=CC=CC1n1c2c(c3ccccc31)C1OC(c3ccccc3)N(C)C1(C)C(C)C2. The first kappa shape index (κ1) is 27.7. The van der Waals surface area contributed by atoms with Crippen molar-refractivity contribution >= 4 is 38.3 Å². The molecule has 228 valence electrons. The summed E-state index contributed by atoms with van der Waals surface area (Å²) in [5.41, 5.74) is 9.54. The second-order valence-corrected chi connectivity index (χ2v) is 13.7. The van der Waals surface area contributed by atoms with E-state index in [1.165, 1.54) is 38.9 Å². The first-order chi connectivity index (χ1) is 22.4. The van der Waals surface area contributed by atoms with E-state index in [0.29, 0.717) is 5.92 Å². The molecule has 0 radical (unpaired) electrons. The molecule has 3 aromatic heterocycles. The predicted octanol–water partition coefficient (Wildman–Crippen LogP) is 9.22. The average Bonchev–Trinajstić information content (AvgIpc) is 3.56. The van der Waals surface area contributed by atoms with Gasteiger partial charge in [0.05, 0.1) is 22.6 Å². The third kappa shape index (κ3) is 3.82. The molecular formula is C41H38N4O. The molecule has 0 bridgehead atoms. The summed E-state index contributed by atoms with van der Waals surface area (Å²) >= 11 is 0. The second-order valence-electron chi connectivity index (χ2n) is 13.7. The highest BCUT2D eigenvalue weighted by molar-refractivity contribution is 6.03. The standard InChI is InChI=1S/C41H38N4O/c1-25-22-35-36(39-41(25,3)44(4)40(46-39)28-12-6-5-7-13-28)32-15-8-9-17-34(32)45(35)33-18-10-16-31(26(33)2)30-23-29-20-19-27-14-11-21-42-37(27)38(29)43-24-30/h5-21,23-26,33,39-40H,22H2,1-4H3. The van der Waals surface area contributed by atoms with Gasteiger partial charge in [0.2, 0.25) is 0 Å². The van der Waals surface area contributed by atoms with E-state index in [1.54, 1.807) is 0 Å². The molecule has 4 heterocycles. The molecule has 0 spiro atoms. The van der Waals surface area contributed by atoms with E-state index in [4.69, 9.17) is 9.72 Å². The lowest BCUT2D eigenvalue weighted by Crippen LogP contribution is -2.51. The molecule has 0 amide bonds. The molecular weight excluding hydrogens is 564 g/mol. The molecule has 5 heteroatoms. The number of allylic oxidation sites excluding steroid dienone is 4. The number of ether oxygens (including phenoxy) is 1. The zero-order chi connectivity index (χ0) is 31.2. The fourth-order valence-electron chi connectivity index (χ4n) is 8.70. The lowest BCUT2D eigenvalue weighted by Gasteiger charge is -2.45. The quantitative estimate of drug-likeness (QED) is 0.189. The summed E-state index contributed by atoms with van der Waals surface area (Å²) in [4.78, 5) is 12.1. The van der Waals surface area contributed by atoms with Gasteiger partial charge in [0.1, 0.15) is 12.3 Å². The number of pyridine rings is 2. The number of aromatic nitrogens is 3. The predicted molar refractivity (Wildman–Crippen MR) is 186 cm³/mol. The minimum Gasteiger partial charge on any atom is -0.349 e. The summed E-state index contributed by atoms with van der Waals surface area (Å²) in [6.07, 6.45) is 11.7.